The number of amides is 1. The predicted molar refractivity (Wildman–Crippen MR) is 93.0 cm³/mol. The first-order valence-electron chi connectivity index (χ1n) is 8.41. The van der Waals surface area contributed by atoms with Gasteiger partial charge in [-0.25, -0.2) is 4.98 Å². The van der Waals surface area contributed by atoms with Crippen molar-refractivity contribution < 1.29 is 14.3 Å². The van der Waals surface area contributed by atoms with E-state index in [-0.39, 0.29) is 18.3 Å². The van der Waals surface area contributed by atoms with Crippen molar-refractivity contribution >= 4 is 17.6 Å². The first kappa shape index (κ1) is 17.2. The maximum atomic E-state index is 12.3. The summed E-state index contributed by atoms with van der Waals surface area (Å²) in [6.07, 6.45) is 5.50. The number of ether oxygens (including phenoxy) is 1. The molecule has 132 valence electrons. The Kier molecular flexibility index (Phi) is 5.45. The third-order valence-electron chi connectivity index (χ3n) is 4.28. The average molecular weight is 342 g/mol. The lowest BCUT2D eigenvalue weighted by Crippen LogP contribution is -2.50. The number of likely N-dealkylation sites (N-methyl/N-ethyl adjacent to an activating group) is 1. The first-order valence-corrected chi connectivity index (χ1v) is 8.41. The number of nitrogens with one attached hydrogen (secondary N) is 1. The minimum Gasteiger partial charge on any atom is -0.463 e. The molecule has 1 saturated heterocycles. The fraction of sp³-hybridized carbons (Fsp3) is 0.389. The van der Waals surface area contributed by atoms with Crippen LogP contribution in [-0.2, 0) is 20.9 Å². The van der Waals surface area contributed by atoms with Crippen LogP contribution in [-0.4, -0.2) is 52.1 Å². The zero-order valence-corrected chi connectivity index (χ0v) is 14.2. The number of carbonyl (C=O) groups is 2. The minimum atomic E-state index is -0.501. The van der Waals surface area contributed by atoms with Crippen LogP contribution in [0.1, 0.15) is 18.9 Å². The molecule has 1 aromatic heterocycles. The number of aromatic nitrogens is 2. The van der Waals surface area contributed by atoms with Crippen LogP contribution in [0.15, 0.2) is 43.0 Å². The van der Waals surface area contributed by atoms with E-state index in [1.54, 1.807) is 12.5 Å². The highest BCUT2D eigenvalue weighted by Crippen LogP contribution is 2.15. The van der Waals surface area contributed by atoms with Gasteiger partial charge < -0.3 is 14.6 Å². The number of rotatable bonds is 6. The van der Waals surface area contributed by atoms with Crippen LogP contribution in [0, 0.1) is 0 Å². The van der Waals surface area contributed by atoms with E-state index in [0.717, 1.165) is 18.7 Å². The molecule has 0 saturated carbocycles. The van der Waals surface area contributed by atoms with Crippen molar-refractivity contribution in [2.75, 3.05) is 25.0 Å². The van der Waals surface area contributed by atoms with Gasteiger partial charge in [-0.1, -0.05) is 19.1 Å². The number of nitrogens with zero attached hydrogens (tertiary/aromatic N) is 3. The Morgan fingerprint density at radius 3 is 2.84 bits per heavy atom. The largest absolute Gasteiger partial charge is 0.463 e. The molecular weight excluding hydrogens is 320 g/mol. The Labute approximate surface area is 146 Å². The van der Waals surface area contributed by atoms with Crippen LogP contribution in [0.2, 0.25) is 0 Å². The Hall–Kier alpha value is -2.67. The molecule has 1 aromatic carbocycles. The van der Waals surface area contributed by atoms with Crippen LogP contribution in [0.4, 0.5) is 5.69 Å². The molecule has 25 heavy (non-hydrogen) atoms. The SMILES string of the molecule is CCN1CCOC(=O)C1CC(=O)Nc1ccc(Cn2ccnc2)cc1. The summed E-state index contributed by atoms with van der Waals surface area (Å²) in [5, 5.41) is 2.85. The number of cyclic esters (lactones) is 1. The lowest BCUT2D eigenvalue weighted by Gasteiger charge is -2.32. The molecule has 2 heterocycles. The fourth-order valence-electron chi connectivity index (χ4n) is 2.93. The molecule has 3 rings (SSSR count). The van der Waals surface area contributed by atoms with Crippen molar-refractivity contribution in [1.82, 2.24) is 14.5 Å². The van der Waals surface area contributed by atoms with E-state index in [2.05, 4.69) is 10.3 Å². The Balaban J connectivity index is 1.56. The van der Waals surface area contributed by atoms with Crippen molar-refractivity contribution in [3.63, 3.8) is 0 Å². The number of anilines is 1. The molecule has 0 radical (unpaired) electrons. The molecule has 1 aliphatic heterocycles. The normalized spacial score (nSPS) is 18.0. The Morgan fingerprint density at radius 2 is 2.16 bits per heavy atom. The highest BCUT2D eigenvalue weighted by molar-refractivity contribution is 5.94. The molecule has 1 N–H and O–H groups in total. The van der Waals surface area contributed by atoms with Gasteiger partial charge in [-0.2, -0.15) is 0 Å². The van der Waals surface area contributed by atoms with E-state index in [9.17, 15) is 9.59 Å². The monoisotopic (exact) mass is 342 g/mol. The van der Waals surface area contributed by atoms with Crippen LogP contribution >= 0.6 is 0 Å². The second kappa shape index (κ2) is 7.94. The number of hydrogen-bond acceptors (Lipinski definition) is 5. The smallest absolute Gasteiger partial charge is 0.323 e. The summed E-state index contributed by atoms with van der Waals surface area (Å²) in [7, 11) is 0. The number of hydrogen-bond donors (Lipinski definition) is 1. The summed E-state index contributed by atoms with van der Waals surface area (Å²) in [6, 6.07) is 7.15. The van der Waals surface area contributed by atoms with Gasteiger partial charge >= 0.3 is 5.97 Å². The summed E-state index contributed by atoms with van der Waals surface area (Å²) in [5.74, 6) is -0.511. The van der Waals surface area contributed by atoms with Gasteiger partial charge in [-0.3, -0.25) is 14.5 Å². The predicted octanol–water partition coefficient (Wildman–Crippen LogP) is 1.51. The zero-order chi connectivity index (χ0) is 17.6. The number of benzene rings is 1. The van der Waals surface area contributed by atoms with E-state index in [4.69, 9.17) is 4.74 Å². The van der Waals surface area contributed by atoms with Gasteiger partial charge in [0, 0.05) is 31.2 Å². The Morgan fingerprint density at radius 1 is 1.36 bits per heavy atom. The van der Waals surface area contributed by atoms with Crippen molar-refractivity contribution in [2.45, 2.75) is 25.9 Å². The lowest BCUT2D eigenvalue weighted by atomic mass is 10.1. The zero-order valence-electron chi connectivity index (χ0n) is 14.2. The Bertz CT molecular complexity index is 712. The van der Waals surface area contributed by atoms with Crippen LogP contribution in [0.5, 0.6) is 0 Å². The number of morpholine rings is 1. The quantitative estimate of drug-likeness (QED) is 0.805. The molecule has 1 unspecified atom stereocenters. The van der Waals surface area contributed by atoms with Crippen molar-refractivity contribution in [1.29, 1.82) is 0 Å². The van der Waals surface area contributed by atoms with E-state index in [1.807, 2.05) is 46.9 Å². The molecule has 0 spiro atoms. The third kappa shape index (κ3) is 4.45. The molecular formula is C18H22N4O3. The van der Waals surface area contributed by atoms with Gasteiger partial charge in [0.15, 0.2) is 0 Å². The van der Waals surface area contributed by atoms with E-state index < -0.39 is 6.04 Å². The van der Waals surface area contributed by atoms with Crippen molar-refractivity contribution in [3.8, 4) is 0 Å². The van der Waals surface area contributed by atoms with Crippen molar-refractivity contribution in [2.24, 2.45) is 0 Å². The van der Waals surface area contributed by atoms with Gasteiger partial charge in [0.05, 0.1) is 12.7 Å². The summed E-state index contributed by atoms with van der Waals surface area (Å²) >= 11 is 0. The second-order valence-corrected chi connectivity index (χ2v) is 6.00. The van der Waals surface area contributed by atoms with Crippen LogP contribution < -0.4 is 5.32 Å². The van der Waals surface area contributed by atoms with Gasteiger partial charge in [-0.15, -0.1) is 0 Å². The number of imidazole rings is 1. The van der Waals surface area contributed by atoms with Gasteiger partial charge in [-0.05, 0) is 24.2 Å². The van der Waals surface area contributed by atoms with Crippen molar-refractivity contribution in [3.05, 3.63) is 48.5 Å². The fourth-order valence-corrected chi connectivity index (χ4v) is 2.93. The summed E-state index contributed by atoms with van der Waals surface area (Å²) < 4.78 is 7.05. The molecule has 1 atom stereocenters. The molecule has 0 bridgehead atoms. The van der Waals surface area contributed by atoms with Crippen LogP contribution in [0.3, 0.4) is 0 Å². The van der Waals surface area contributed by atoms with Gasteiger partial charge in [0.25, 0.3) is 0 Å². The summed E-state index contributed by atoms with van der Waals surface area (Å²) in [6.45, 7) is 4.48. The summed E-state index contributed by atoms with van der Waals surface area (Å²) in [5.41, 5.74) is 1.83. The molecule has 0 aliphatic carbocycles. The third-order valence-corrected chi connectivity index (χ3v) is 4.28. The highest BCUT2D eigenvalue weighted by atomic mass is 16.5. The molecule has 7 heteroatoms. The maximum absolute atomic E-state index is 12.3. The number of carbonyl (C=O) groups excluding carboxylic acids is 2. The van der Waals surface area contributed by atoms with Gasteiger partial charge in [0.2, 0.25) is 5.91 Å². The molecule has 1 amide bonds. The van der Waals surface area contributed by atoms with Gasteiger partial charge in [0.1, 0.15) is 12.6 Å². The number of esters is 1. The second-order valence-electron chi connectivity index (χ2n) is 6.00. The molecule has 1 aliphatic rings. The first-order chi connectivity index (χ1) is 12.2. The molecule has 2 aromatic rings. The van der Waals surface area contributed by atoms with E-state index in [1.165, 1.54) is 0 Å². The standard InChI is InChI=1S/C18H22N4O3/c1-2-22-9-10-25-18(24)16(22)11-17(23)20-15-5-3-14(4-6-15)12-21-8-7-19-13-21/h3-8,13,16H,2,9-12H2,1H3,(H,20,23). The lowest BCUT2D eigenvalue weighted by molar-refractivity contribution is -0.158. The summed E-state index contributed by atoms with van der Waals surface area (Å²) in [4.78, 5) is 30.2. The molecule has 7 nitrogen and oxygen atoms in total. The van der Waals surface area contributed by atoms with Crippen LogP contribution in [0.25, 0.3) is 0 Å². The maximum Gasteiger partial charge on any atom is 0.323 e. The van der Waals surface area contributed by atoms with E-state index >= 15 is 0 Å². The topological polar surface area (TPSA) is 76.5 Å². The van der Waals surface area contributed by atoms with E-state index in [0.29, 0.717) is 18.8 Å². The average Bonchev–Trinajstić information content (AvgIpc) is 3.11. The highest BCUT2D eigenvalue weighted by Gasteiger charge is 2.32. The molecule has 1 fully saturated rings. The minimum absolute atomic E-state index is 0.101.